The van der Waals surface area contributed by atoms with Crippen LogP contribution in [0, 0.1) is 0 Å². The van der Waals surface area contributed by atoms with E-state index >= 15 is 0 Å². The maximum atomic E-state index is 11.9. The molecule has 2 rings (SSSR count). The number of benzene rings is 1. The van der Waals surface area contributed by atoms with Crippen LogP contribution in [0.25, 0.3) is 0 Å². The summed E-state index contributed by atoms with van der Waals surface area (Å²) >= 11 is 0. The zero-order valence-electron chi connectivity index (χ0n) is 10.8. The van der Waals surface area contributed by atoms with Gasteiger partial charge in [-0.05, 0) is 24.3 Å². The van der Waals surface area contributed by atoms with Gasteiger partial charge in [0.25, 0.3) is 11.8 Å². The zero-order valence-corrected chi connectivity index (χ0v) is 12.8. The first-order chi connectivity index (χ1) is 9.22. The first kappa shape index (κ1) is 16.3. The van der Waals surface area contributed by atoms with Gasteiger partial charge in [-0.2, -0.15) is 0 Å². The molecule has 7 heteroatoms. The van der Waals surface area contributed by atoms with Crippen molar-refractivity contribution in [1.29, 1.82) is 0 Å². The SMILES string of the molecule is O=C(Nc1ccccc1C(=O)NO)c1ccncc1.[Na+]. The summed E-state index contributed by atoms with van der Waals surface area (Å²) in [7, 11) is 0. The Bertz CT molecular complexity index is 605. The van der Waals surface area contributed by atoms with Crippen LogP contribution < -0.4 is 40.4 Å². The van der Waals surface area contributed by atoms with Gasteiger partial charge in [0.15, 0.2) is 0 Å². The van der Waals surface area contributed by atoms with Gasteiger partial charge >= 0.3 is 29.6 Å². The standard InChI is InChI=1S/C13H11N3O3.Na/c17-12(9-5-7-14-8-6-9)15-11-4-2-1-3-10(11)13(18)16-19;/h1-8,19H,(H,15,17)(H,16,18);/q;+1. The molecule has 3 N–H and O–H groups in total. The number of hydrogen-bond acceptors (Lipinski definition) is 4. The van der Waals surface area contributed by atoms with Crippen molar-refractivity contribution in [2.24, 2.45) is 0 Å². The molecule has 0 atom stereocenters. The number of pyridine rings is 1. The number of carbonyl (C=O) groups is 2. The summed E-state index contributed by atoms with van der Waals surface area (Å²) in [6.07, 6.45) is 3.00. The third-order valence-corrected chi connectivity index (χ3v) is 2.46. The van der Waals surface area contributed by atoms with Crippen LogP contribution in [0.4, 0.5) is 5.69 Å². The van der Waals surface area contributed by atoms with Gasteiger partial charge in [0.1, 0.15) is 0 Å². The molecule has 0 fully saturated rings. The van der Waals surface area contributed by atoms with Crippen molar-refractivity contribution < 1.29 is 44.4 Å². The van der Waals surface area contributed by atoms with E-state index in [1.165, 1.54) is 23.9 Å². The first-order valence-electron chi connectivity index (χ1n) is 5.47. The smallest absolute Gasteiger partial charge is 0.321 e. The molecule has 1 heterocycles. The molecule has 0 saturated carbocycles. The minimum atomic E-state index is -0.689. The Morgan fingerprint density at radius 3 is 2.30 bits per heavy atom. The summed E-state index contributed by atoms with van der Waals surface area (Å²) in [4.78, 5) is 27.2. The Balaban J connectivity index is 0.00000200. The molecular formula is C13H11N3NaO3+. The minimum absolute atomic E-state index is 0. The number of nitrogens with one attached hydrogen (secondary N) is 2. The van der Waals surface area contributed by atoms with Crippen molar-refractivity contribution in [3.8, 4) is 0 Å². The van der Waals surface area contributed by atoms with E-state index in [9.17, 15) is 9.59 Å². The van der Waals surface area contributed by atoms with Gasteiger partial charge < -0.3 is 5.32 Å². The summed E-state index contributed by atoms with van der Waals surface area (Å²) in [5, 5.41) is 11.2. The second-order valence-electron chi connectivity index (χ2n) is 3.68. The summed E-state index contributed by atoms with van der Waals surface area (Å²) < 4.78 is 0. The first-order valence-corrected chi connectivity index (χ1v) is 5.47. The molecule has 0 unspecified atom stereocenters. The van der Waals surface area contributed by atoms with Crippen LogP contribution in [-0.4, -0.2) is 22.0 Å². The predicted molar refractivity (Wildman–Crippen MR) is 67.9 cm³/mol. The number of anilines is 1. The maximum Gasteiger partial charge on any atom is 1.00 e. The van der Waals surface area contributed by atoms with Gasteiger partial charge in [0, 0.05) is 18.0 Å². The average Bonchev–Trinajstić information content (AvgIpc) is 2.48. The Labute approximate surface area is 137 Å². The van der Waals surface area contributed by atoms with Crippen molar-refractivity contribution in [3.63, 3.8) is 0 Å². The average molecular weight is 280 g/mol. The number of carbonyl (C=O) groups excluding carboxylic acids is 2. The monoisotopic (exact) mass is 280 g/mol. The van der Waals surface area contributed by atoms with Crippen LogP contribution in [0.1, 0.15) is 20.7 Å². The van der Waals surface area contributed by atoms with Crippen molar-refractivity contribution in [3.05, 3.63) is 59.9 Å². The molecule has 0 aliphatic heterocycles. The molecule has 0 saturated heterocycles. The number of nitrogens with zero attached hydrogens (tertiary/aromatic N) is 1. The molecule has 0 bridgehead atoms. The van der Waals surface area contributed by atoms with E-state index in [-0.39, 0.29) is 41.0 Å². The molecule has 2 aromatic rings. The van der Waals surface area contributed by atoms with Crippen molar-refractivity contribution in [2.45, 2.75) is 0 Å². The van der Waals surface area contributed by atoms with E-state index < -0.39 is 5.91 Å². The van der Waals surface area contributed by atoms with Crippen molar-refractivity contribution in [1.82, 2.24) is 10.5 Å². The molecule has 6 nitrogen and oxygen atoms in total. The van der Waals surface area contributed by atoms with E-state index in [1.54, 1.807) is 30.3 Å². The third kappa shape index (κ3) is 3.88. The fourth-order valence-electron chi connectivity index (χ4n) is 1.55. The summed E-state index contributed by atoms with van der Waals surface area (Å²) in [5.41, 5.74) is 2.45. The second-order valence-corrected chi connectivity index (χ2v) is 3.68. The molecule has 0 radical (unpaired) electrons. The molecule has 20 heavy (non-hydrogen) atoms. The third-order valence-electron chi connectivity index (χ3n) is 2.46. The summed E-state index contributed by atoms with van der Waals surface area (Å²) in [6, 6.07) is 9.49. The normalized spacial score (nSPS) is 9.25. The van der Waals surface area contributed by atoms with E-state index in [0.717, 1.165) is 0 Å². The Kier molecular flexibility index (Phi) is 6.33. The number of hydrogen-bond donors (Lipinski definition) is 3. The van der Waals surface area contributed by atoms with Gasteiger partial charge in [0.2, 0.25) is 0 Å². The Morgan fingerprint density at radius 1 is 1.00 bits per heavy atom. The molecule has 1 aromatic heterocycles. The fraction of sp³-hybridized carbons (Fsp3) is 0. The molecule has 2 amide bonds. The van der Waals surface area contributed by atoms with E-state index in [4.69, 9.17) is 5.21 Å². The molecule has 1 aromatic carbocycles. The fourth-order valence-corrected chi connectivity index (χ4v) is 1.55. The number of amides is 2. The molecule has 96 valence electrons. The van der Waals surface area contributed by atoms with Gasteiger partial charge in [-0.15, -0.1) is 0 Å². The molecule has 0 spiro atoms. The van der Waals surface area contributed by atoms with Gasteiger partial charge in [-0.1, -0.05) is 12.1 Å². The molecule has 0 aliphatic rings. The molecule has 0 aliphatic carbocycles. The summed E-state index contributed by atoms with van der Waals surface area (Å²) in [6.45, 7) is 0. The maximum absolute atomic E-state index is 11.9. The largest absolute Gasteiger partial charge is 1.00 e. The quantitative estimate of drug-likeness (QED) is 0.361. The van der Waals surface area contributed by atoms with Crippen molar-refractivity contribution in [2.75, 3.05) is 5.32 Å². The Hall–Kier alpha value is -1.73. The van der Waals surface area contributed by atoms with Crippen LogP contribution in [0.5, 0.6) is 0 Å². The number of aromatic nitrogens is 1. The van der Waals surface area contributed by atoms with E-state index in [0.29, 0.717) is 11.3 Å². The number of hydroxylamine groups is 1. The van der Waals surface area contributed by atoms with Crippen molar-refractivity contribution >= 4 is 17.5 Å². The van der Waals surface area contributed by atoms with Gasteiger partial charge in [0.05, 0.1) is 11.3 Å². The van der Waals surface area contributed by atoms with Crippen LogP contribution in [-0.2, 0) is 0 Å². The van der Waals surface area contributed by atoms with Crippen LogP contribution in [0.3, 0.4) is 0 Å². The predicted octanol–water partition coefficient (Wildman–Crippen LogP) is -1.54. The summed E-state index contributed by atoms with van der Waals surface area (Å²) in [5.74, 6) is -1.05. The van der Waals surface area contributed by atoms with Crippen LogP contribution in [0.15, 0.2) is 48.8 Å². The second kappa shape index (κ2) is 7.76. The van der Waals surface area contributed by atoms with E-state index in [2.05, 4.69) is 10.3 Å². The Morgan fingerprint density at radius 2 is 1.65 bits per heavy atom. The van der Waals surface area contributed by atoms with Crippen LogP contribution in [0.2, 0.25) is 0 Å². The topological polar surface area (TPSA) is 91.3 Å². The van der Waals surface area contributed by atoms with Gasteiger partial charge in [-0.25, -0.2) is 5.48 Å². The van der Waals surface area contributed by atoms with Gasteiger partial charge in [-0.3, -0.25) is 19.8 Å². The van der Waals surface area contributed by atoms with E-state index in [1.807, 2.05) is 0 Å². The minimum Gasteiger partial charge on any atom is -0.321 e. The molecular weight excluding hydrogens is 269 g/mol. The number of para-hydroxylation sites is 1. The van der Waals surface area contributed by atoms with Crippen LogP contribution >= 0.6 is 0 Å². The zero-order chi connectivity index (χ0) is 13.7. The number of rotatable bonds is 3.